The van der Waals surface area contributed by atoms with E-state index in [1.165, 1.54) is 0 Å². The van der Waals surface area contributed by atoms with E-state index < -0.39 is 6.10 Å². The molecule has 1 rings (SSSR count). The molecule has 0 aliphatic rings. The van der Waals surface area contributed by atoms with Crippen LogP contribution in [0.5, 0.6) is 5.75 Å². The first-order chi connectivity index (χ1) is 6.61. The average molecular weight is 260 g/mol. The molecule has 0 saturated carbocycles. The first-order valence-electron chi connectivity index (χ1n) is 4.33. The monoisotopic (exact) mass is 259 g/mol. The molecule has 0 heterocycles. The number of rotatable bonds is 3. The number of benzene rings is 1. The fraction of sp³-hybridized carbons (Fsp3) is 0.400. The number of methoxy groups -OCH3 is 1. The SMILES string of the molecule is COc1c(C)ccc(C(O)CN)c1Br. The lowest BCUT2D eigenvalue weighted by Crippen LogP contribution is -2.12. The van der Waals surface area contributed by atoms with Crippen LogP contribution in [0.4, 0.5) is 0 Å². The summed E-state index contributed by atoms with van der Waals surface area (Å²) in [5.41, 5.74) is 7.17. The van der Waals surface area contributed by atoms with E-state index in [1.54, 1.807) is 7.11 Å². The lowest BCUT2D eigenvalue weighted by molar-refractivity contribution is 0.185. The third kappa shape index (κ3) is 2.08. The zero-order valence-electron chi connectivity index (χ0n) is 8.25. The Kier molecular flexibility index (Phi) is 3.92. The van der Waals surface area contributed by atoms with Crippen molar-refractivity contribution in [2.75, 3.05) is 13.7 Å². The van der Waals surface area contributed by atoms with Gasteiger partial charge in [0.1, 0.15) is 5.75 Å². The van der Waals surface area contributed by atoms with Crippen LogP contribution in [0.15, 0.2) is 16.6 Å². The van der Waals surface area contributed by atoms with Gasteiger partial charge in [0.05, 0.1) is 17.7 Å². The van der Waals surface area contributed by atoms with Crippen molar-refractivity contribution in [3.63, 3.8) is 0 Å². The Bertz CT molecular complexity index is 328. The number of ether oxygens (including phenoxy) is 1. The fourth-order valence-corrected chi connectivity index (χ4v) is 2.17. The number of aryl methyl sites for hydroxylation is 1. The van der Waals surface area contributed by atoms with Crippen LogP contribution in [-0.4, -0.2) is 18.8 Å². The van der Waals surface area contributed by atoms with Crippen molar-refractivity contribution in [1.82, 2.24) is 0 Å². The molecule has 3 N–H and O–H groups in total. The zero-order valence-corrected chi connectivity index (χ0v) is 9.84. The van der Waals surface area contributed by atoms with E-state index in [2.05, 4.69) is 15.9 Å². The maximum Gasteiger partial charge on any atom is 0.136 e. The smallest absolute Gasteiger partial charge is 0.136 e. The van der Waals surface area contributed by atoms with E-state index in [1.807, 2.05) is 19.1 Å². The number of hydrogen-bond donors (Lipinski definition) is 2. The van der Waals surface area contributed by atoms with Crippen LogP contribution in [0.3, 0.4) is 0 Å². The van der Waals surface area contributed by atoms with Gasteiger partial charge in [0.25, 0.3) is 0 Å². The fourth-order valence-electron chi connectivity index (χ4n) is 1.30. The maximum absolute atomic E-state index is 9.61. The van der Waals surface area contributed by atoms with Gasteiger partial charge in [0.15, 0.2) is 0 Å². The second kappa shape index (κ2) is 4.77. The Morgan fingerprint density at radius 1 is 1.57 bits per heavy atom. The average Bonchev–Trinajstić information content (AvgIpc) is 2.18. The summed E-state index contributed by atoms with van der Waals surface area (Å²) >= 11 is 3.39. The molecule has 4 heteroatoms. The van der Waals surface area contributed by atoms with Crippen LogP contribution >= 0.6 is 15.9 Å². The van der Waals surface area contributed by atoms with Gasteiger partial charge in [-0.1, -0.05) is 12.1 Å². The van der Waals surface area contributed by atoms with Gasteiger partial charge < -0.3 is 15.6 Å². The summed E-state index contributed by atoms with van der Waals surface area (Å²) in [7, 11) is 1.60. The molecule has 0 aromatic heterocycles. The van der Waals surface area contributed by atoms with Crippen LogP contribution in [0.25, 0.3) is 0 Å². The van der Waals surface area contributed by atoms with E-state index in [-0.39, 0.29) is 6.54 Å². The number of aliphatic hydroxyl groups excluding tert-OH is 1. The normalized spacial score (nSPS) is 12.6. The molecule has 1 atom stereocenters. The van der Waals surface area contributed by atoms with Crippen LogP contribution in [0.2, 0.25) is 0 Å². The van der Waals surface area contributed by atoms with Crippen molar-refractivity contribution in [1.29, 1.82) is 0 Å². The lowest BCUT2D eigenvalue weighted by Gasteiger charge is -2.14. The quantitative estimate of drug-likeness (QED) is 0.870. The van der Waals surface area contributed by atoms with Gasteiger partial charge in [-0.2, -0.15) is 0 Å². The Morgan fingerprint density at radius 3 is 2.71 bits per heavy atom. The lowest BCUT2D eigenvalue weighted by atomic mass is 10.1. The van der Waals surface area contributed by atoms with Gasteiger partial charge in [0, 0.05) is 6.54 Å². The largest absolute Gasteiger partial charge is 0.495 e. The molecule has 1 aromatic rings. The molecule has 0 spiro atoms. The Labute approximate surface area is 92.0 Å². The Balaban J connectivity index is 3.21. The van der Waals surface area contributed by atoms with E-state index >= 15 is 0 Å². The summed E-state index contributed by atoms with van der Waals surface area (Å²) < 4.78 is 5.99. The minimum atomic E-state index is -0.654. The summed E-state index contributed by atoms with van der Waals surface area (Å²) in [5.74, 6) is 0.745. The summed E-state index contributed by atoms with van der Waals surface area (Å²) in [4.78, 5) is 0. The minimum Gasteiger partial charge on any atom is -0.495 e. The van der Waals surface area contributed by atoms with Gasteiger partial charge in [0.2, 0.25) is 0 Å². The highest BCUT2D eigenvalue weighted by molar-refractivity contribution is 9.10. The second-order valence-corrected chi connectivity index (χ2v) is 3.86. The second-order valence-electron chi connectivity index (χ2n) is 3.07. The minimum absolute atomic E-state index is 0.199. The summed E-state index contributed by atoms with van der Waals surface area (Å²) in [6.45, 7) is 2.15. The highest BCUT2D eigenvalue weighted by Gasteiger charge is 2.14. The Morgan fingerprint density at radius 2 is 2.21 bits per heavy atom. The molecule has 0 fully saturated rings. The van der Waals surface area contributed by atoms with E-state index in [4.69, 9.17) is 10.5 Å². The van der Waals surface area contributed by atoms with Gasteiger partial charge in [-0.05, 0) is 34.0 Å². The van der Waals surface area contributed by atoms with Gasteiger partial charge in [-0.25, -0.2) is 0 Å². The number of hydrogen-bond acceptors (Lipinski definition) is 3. The van der Waals surface area contributed by atoms with Gasteiger partial charge >= 0.3 is 0 Å². The molecule has 0 radical (unpaired) electrons. The first kappa shape index (κ1) is 11.5. The van der Waals surface area contributed by atoms with Crippen LogP contribution in [0.1, 0.15) is 17.2 Å². The van der Waals surface area contributed by atoms with Crippen molar-refractivity contribution in [3.05, 3.63) is 27.7 Å². The first-order valence-corrected chi connectivity index (χ1v) is 5.12. The molecule has 3 nitrogen and oxygen atoms in total. The van der Waals surface area contributed by atoms with Crippen molar-refractivity contribution in [2.45, 2.75) is 13.0 Å². The van der Waals surface area contributed by atoms with E-state index in [9.17, 15) is 5.11 Å². The predicted octanol–water partition coefficient (Wildman–Crippen LogP) is 1.76. The molecule has 1 aromatic carbocycles. The van der Waals surface area contributed by atoms with Crippen LogP contribution < -0.4 is 10.5 Å². The molecular formula is C10H14BrNO2. The summed E-state index contributed by atoms with van der Waals surface area (Å²) in [6, 6.07) is 3.75. The van der Waals surface area contributed by atoms with Crippen molar-refractivity contribution >= 4 is 15.9 Å². The molecule has 1 unspecified atom stereocenters. The molecule has 14 heavy (non-hydrogen) atoms. The van der Waals surface area contributed by atoms with E-state index in [0.717, 1.165) is 21.3 Å². The van der Waals surface area contributed by atoms with Crippen molar-refractivity contribution in [2.24, 2.45) is 5.73 Å². The zero-order chi connectivity index (χ0) is 10.7. The van der Waals surface area contributed by atoms with Gasteiger partial charge in [-0.3, -0.25) is 0 Å². The summed E-state index contributed by atoms with van der Waals surface area (Å²) in [6.07, 6.45) is -0.654. The topological polar surface area (TPSA) is 55.5 Å². The number of aliphatic hydroxyl groups is 1. The highest BCUT2D eigenvalue weighted by Crippen LogP contribution is 2.34. The molecule has 0 saturated heterocycles. The van der Waals surface area contributed by atoms with Crippen LogP contribution in [-0.2, 0) is 0 Å². The molecule has 0 bridgehead atoms. The van der Waals surface area contributed by atoms with Gasteiger partial charge in [-0.15, -0.1) is 0 Å². The molecular weight excluding hydrogens is 246 g/mol. The third-order valence-corrected chi connectivity index (χ3v) is 2.93. The predicted molar refractivity (Wildman–Crippen MR) is 59.4 cm³/mol. The number of nitrogens with two attached hydrogens (primary N) is 1. The van der Waals surface area contributed by atoms with Crippen molar-refractivity contribution < 1.29 is 9.84 Å². The molecule has 78 valence electrons. The maximum atomic E-state index is 9.61. The molecule has 0 aliphatic carbocycles. The van der Waals surface area contributed by atoms with E-state index in [0.29, 0.717) is 0 Å². The Hall–Kier alpha value is -0.580. The molecule has 0 aliphatic heterocycles. The van der Waals surface area contributed by atoms with Crippen molar-refractivity contribution in [3.8, 4) is 5.75 Å². The standard InChI is InChI=1S/C10H14BrNO2/c1-6-3-4-7(8(13)5-12)9(11)10(6)14-2/h3-4,8,13H,5,12H2,1-2H3. The van der Waals surface area contributed by atoms with Crippen LogP contribution in [0, 0.1) is 6.92 Å². The molecule has 0 amide bonds. The highest BCUT2D eigenvalue weighted by atomic mass is 79.9. The number of halogens is 1. The summed E-state index contributed by atoms with van der Waals surface area (Å²) in [5, 5.41) is 9.61. The third-order valence-electron chi connectivity index (χ3n) is 2.11.